The second-order valence-corrected chi connectivity index (χ2v) is 18.9. The summed E-state index contributed by atoms with van der Waals surface area (Å²) >= 11 is 0. The fourth-order valence-electron chi connectivity index (χ4n) is 9.90. The quantitative estimate of drug-likeness (QED) is 0.0969. The topological polar surface area (TPSA) is 229 Å². The molecule has 3 aromatic rings. The lowest BCUT2D eigenvalue weighted by Crippen LogP contribution is -2.60. The predicted molar refractivity (Wildman–Crippen MR) is 249 cm³/mol. The molecule has 70 heavy (non-hydrogen) atoms. The molecule has 4 heterocycles. The third-order valence-corrected chi connectivity index (χ3v) is 14.1. The Kier molecular flexibility index (Phi) is 17.2. The van der Waals surface area contributed by atoms with Gasteiger partial charge in [0.15, 0.2) is 0 Å². The molecule has 2 saturated heterocycles. The number of likely N-dealkylation sites (tertiary alicyclic amines) is 2. The van der Waals surface area contributed by atoms with E-state index in [-0.39, 0.29) is 123 Å². The lowest BCUT2D eigenvalue weighted by atomic mass is 9.78. The molecular weight excluding hydrogens is 916 g/mol. The molecule has 4 aliphatic rings. The van der Waals surface area contributed by atoms with E-state index in [1.165, 1.54) is 17.3 Å². The number of anilines is 1. The first-order chi connectivity index (χ1) is 33.5. The van der Waals surface area contributed by atoms with Gasteiger partial charge in [0.2, 0.25) is 35.4 Å². The Morgan fingerprint density at radius 1 is 0.914 bits per heavy atom. The average Bonchev–Trinajstić information content (AvgIpc) is 3.84. The van der Waals surface area contributed by atoms with Crippen molar-refractivity contribution >= 4 is 52.2 Å². The van der Waals surface area contributed by atoms with E-state index in [1.54, 1.807) is 30.4 Å². The largest absolute Gasteiger partial charge is 0.416 e. The van der Waals surface area contributed by atoms with E-state index in [0.717, 1.165) is 24.1 Å². The number of fused-ring (bicyclic) bond motifs is 1. The molecule has 380 valence electrons. The van der Waals surface area contributed by atoms with Gasteiger partial charge in [-0.2, -0.15) is 13.2 Å². The van der Waals surface area contributed by atoms with Crippen molar-refractivity contribution in [2.75, 3.05) is 65.5 Å². The summed E-state index contributed by atoms with van der Waals surface area (Å²) in [5, 5.41) is 14.8. The maximum Gasteiger partial charge on any atom is 0.416 e. The van der Waals surface area contributed by atoms with Crippen molar-refractivity contribution in [2.24, 2.45) is 11.8 Å². The Hall–Kier alpha value is -6.00. The number of pyridine rings is 1. The van der Waals surface area contributed by atoms with Crippen LogP contribution in [0, 0.1) is 11.8 Å². The molecule has 0 spiro atoms. The standard InChI is InChI=1S/C48H64F3N11O8/c1-28(2)60(3)33-8-10-39(62-15-11-37(47(62)68)58-44-34-22-31(48(49,50)51)7-9-36(34)55-27-56-44)38(23-33)59-45(66)30-20-32(21-30)57-40(63)12-16-69-18-19-70-17-14-53-41(64)26-54-46(67)35-24-42(65)61(4)43(35)29-6-5-13-52-25-29/h5-7,9,13,22,25,27-28,30,32-33,35,37-39,43H,8,10-12,14-21,23-24,26H2,1-4H3,(H,53,64)(H,54,67)(H,57,63)(H,59,66)(H,55,56,58)/t30?,32?,33-,35+,37+,38-,39+,43-/m1/s1. The number of aromatic nitrogens is 3. The van der Waals surface area contributed by atoms with Gasteiger partial charge in [-0.25, -0.2) is 9.97 Å². The Morgan fingerprint density at radius 2 is 1.69 bits per heavy atom. The maximum absolute atomic E-state index is 14.0. The highest BCUT2D eigenvalue weighted by atomic mass is 19.4. The van der Waals surface area contributed by atoms with Crippen LogP contribution < -0.4 is 26.6 Å². The monoisotopic (exact) mass is 979 g/mol. The van der Waals surface area contributed by atoms with Crippen molar-refractivity contribution in [1.29, 1.82) is 0 Å². The molecule has 22 heteroatoms. The minimum absolute atomic E-state index is 0.0408. The summed E-state index contributed by atoms with van der Waals surface area (Å²) in [6.07, 6.45) is 3.58. The van der Waals surface area contributed by atoms with Gasteiger partial charge in [0, 0.05) is 74.8 Å². The first-order valence-electron chi connectivity index (χ1n) is 24.0. The summed E-state index contributed by atoms with van der Waals surface area (Å²) in [5.41, 5.74) is 0.227. The van der Waals surface area contributed by atoms with Crippen LogP contribution in [0.5, 0.6) is 0 Å². The van der Waals surface area contributed by atoms with Gasteiger partial charge in [-0.15, -0.1) is 0 Å². The Labute approximate surface area is 404 Å². The molecule has 4 fully saturated rings. The SMILES string of the molecule is CC(C)N(C)[C@@H]1CC[C@H](N2CC[C@H](Nc3ncnc4ccc(C(F)(F)F)cc34)C2=O)[C@H](NC(=O)C2CC(NC(=O)CCOCCOCCNC(=O)CNC(=O)[C@H]3CC(=O)N(C)[C@@H]3c3cccnc3)C2)C1. The summed E-state index contributed by atoms with van der Waals surface area (Å²) in [4.78, 5) is 96.0. The lowest BCUT2D eigenvalue weighted by Gasteiger charge is -2.45. The van der Waals surface area contributed by atoms with Crippen LogP contribution in [0.1, 0.15) is 82.4 Å². The van der Waals surface area contributed by atoms with E-state index < -0.39 is 41.6 Å². The molecule has 0 bridgehead atoms. The van der Waals surface area contributed by atoms with E-state index in [1.807, 2.05) is 6.07 Å². The van der Waals surface area contributed by atoms with Crippen molar-refractivity contribution in [2.45, 2.75) is 114 Å². The molecular formula is C48H64F3N11O8. The van der Waals surface area contributed by atoms with Gasteiger partial charge in [-0.1, -0.05) is 6.07 Å². The molecule has 7 rings (SSSR count). The third kappa shape index (κ3) is 12.8. The highest BCUT2D eigenvalue weighted by Crippen LogP contribution is 2.38. The average molecular weight is 980 g/mol. The van der Waals surface area contributed by atoms with Crippen LogP contribution in [0.15, 0.2) is 49.1 Å². The highest BCUT2D eigenvalue weighted by molar-refractivity contribution is 5.94. The molecule has 6 atom stereocenters. The number of carbonyl (C=O) groups excluding carboxylic acids is 6. The van der Waals surface area contributed by atoms with Gasteiger partial charge in [-0.3, -0.25) is 33.8 Å². The Balaban J connectivity index is 0.778. The van der Waals surface area contributed by atoms with Gasteiger partial charge >= 0.3 is 6.18 Å². The predicted octanol–water partition coefficient (Wildman–Crippen LogP) is 2.57. The number of hydrogen-bond acceptors (Lipinski definition) is 13. The van der Waals surface area contributed by atoms with Gasteiger partial charge in [0.25, 0.3) is 0 Å². The zero-order chi connectivity index (χ0) is 50.1. The van der Waals surface area contributed by atoms with Crippen LogP contribution in [0.25, 0.3) is 10.9 Å². The molecule has 2 aliphatic carbocycles. The number of carbonyl (C=O) groups is 6. The summed E-state index contributed by atoms with van der Waals surface area (Å²) in [5.74, 6) is -2.28. The van der Waals surface area contributed by atoms with Crippen LogP contribution >= 0.6 is 0 Å². The Morgan fingerprint density at radius 3 is 2.41 bits per heavy atom. The zero-order valence-electron chi connectivity index (χ0n) is 40.0. The summed E-state index contributed by atoms with van der Waals surface area (Å²) in [7, 11) is 3.70. The van der Waals surface area contributed by atoms with E-state index in [4.69, 9.17) is 9.47 Å². The zero-order valence-corrected chi connectivity index (χ0v) is 40.0. The second-order valence-electron chi connectivity index (χ2n) is 18.9. The minimum Gasteiger partial charge on any atom is -0.379 e. The summed E-state index contributed by atoms with van der Waals surface area (Å²) in [6, 6.07) is 5.29. The van der Waals surface area contributed by atoms with E-state index >= 15 is 0 Å². The normalized spacial score (nSPS) is 24.8. The van der Waals surface area contributed by atoms with Crippen molar-refractivity contribution in [3.8, 4) is 0 Å². The van der Waals surface area contributed by atoms with Gasteiger partial charge in [-0.05, 0) is 89.2 Å². The van der Waals surface area contributed by atoms with Crippen LogP contribution in [-0.2, 0) is 44.4 Å². The number of nitrogens with zero attached hydrogens (tertiary/aromatic N) is 6. The summed E-state index contributed by atoms with van der Waals surface area (Å²) < 4.78 is 51.8. The second kappa shape index (κ2) is 23.3. The maximum atomic E-state index is 14.0. The number of amides is 6. The third-order valence-electron chi connectivity index (χ3n) is 14.1. The fraction of sp³-hybridized carbons (Fsp3) is 0.604. The first-order valence-corrected chi connectivity index (χ1v) is 24.0. The van der Waals surface area contributed by atoms with E-state index in [0.29, 0.717) is 44.2 Å². The highest BCUT2D eigenvalue weighted by Gasteiger charge is 2.46. The van der Waals surface area contributed by atoms with Crippen molar-refractivity contribution < 1.29 is 51.4 Å². The minimum atomic E-state index is -4.56. The van der Waals surface area contributed by atoms with Gasteiger partial charge < -0.3 is 50.8 Å². The first kappa shape index (κ1) is 51.8. The molecule has 6 amide bonds. The number of halogens is 3. The molecule has 0 unspecified atom stereocenters. The van der Waals surface area contributed by atoms with Crippen LogP contribution in [0.2, 0.25) is 0 Å². The number of hydrogen-bond donors (Lipinski definition) is 5. The molecule has 2 aromatic heterocycles. The van der Waals surface area contributed by atoms with Crippen LogP contribution in [0.4, 0.5) is 19.0 Å². The van der Waals surface area contributed by atoms with Crippen LogP contribution in [-0.4, -0.2) is 162 Å². The number of benzene rings is 1. The number of rotatable bonds is 21. The van der Waals surface area contributed by atoms with E-state index in [2.05, 4.69) is 67.3 Å². The van der Waals surface area contributed by atoms with Gasteiger partial charge in [0.1, 0.15) is 18.2 Å². The van der Waals surface area contributed by atoms with Gasteiger partial charge in [0.05, 0.1) is 68.1 Å². The number of alkyl halides is 3. The smallest absolute Gasteiger partial charge is 0.379 e. The number of nitrogens with one attached hydrogen (secondary N) is 5. The molecule has 1 aromatic carbocycles. The van der Waals surface area contributed by atoms with Crippen molar-refractivity contribution in [3.63, 3.8) is 0 Å². The molecule has 0 radical (unpaired) electrons. The molecule has 2 saturated carbocycles. The summed E-state index contributed by atoms with van der Waals surface area (Å²) in [6.45, 7) is 5.44. The van der Waals surface area contributed by atoms with Crippen LogP contribution in [0.3, 0.4) is 0 Å². The fourth-order valence-corrected chi connectivity index (χ4v) is 9.90. The Bertz CT molecular complexity index is 2340. The van der Waals surface area contributed by atoms with Crippen molar-refractivity contribution in [3.05, 3.63) is 60.2 Å². The van der Waals surface area contributed by atoms with Crippen molar-refractivity contribution in [1.82, 2.24) is 50.9 Å². The lowest BCUT2D eigenvalue weighted by molar-refractivity contribution is -0.137. The molecule has 5 N–H and O–H groups in total. The van der Waals surface area contributed by atoms with E-state index in [9.17, 15) is 41.9 Å². The molecule has 19 nitrogen and oxygen atoms in total. The number of ether oxygens (including phenoxy) is 2. The molecule has 2 aliphatic heterocycles.